The van der Waals surface area contributed by atoms with Gasteiger partial charge < -0.3 is 10.0 Å². The van der Waals surface area contributed by atoms with Crippen molar-refractivity contribution in [2.24, 2.45) is 0 Å². The molecule has 2 rings (SSSR count). The smallest absolute Gasteiger partial charge is 0.295 e. The second-order valence-electron chi connectivity index (χ2n) is 4.25. The van der Waals surface area contributed by atoms with Crippen LogP contribution in [0.25, 0.3) is 0 Å². The summed E-state index contributed by atoms with van der Waals surface area (Å²) in [7, 11) is 0. The Hall–Kier alpha value is -1.21. The Kier molecular flexibility index (Phi) is 3.82. The standard InChI is InChI=1S/C11H12BrFN2O3/c12-8-4-10(11(15(17)18)5-9(8)13)14-3-1-2-7(16)6-14/h4-5,7,16H,1-3,6H2/t7-/m0/s1. The first-order valence-electron chi connectivity index (χ1n) is 5.55. The fourth-order valence-corrected chi connectivity index (χ4v) is 2.43. The van der Waals surface area contributed by atoms with Gasteiger partial charge in [0.1, 0.15) is 11.5 Å². The van der Waals surface area contributed by atoms with E-state index in [1.54, 1.807) is 4.90 Å². The van der Waals surface area contributed by atoms with Gasteiger partial charge in [-0.1, -0.05) is 0 Å². The first kappa shape index (κ1) is 13.2. The van der Waals surface area contributed by atoms with Crippen molar-refractivity contribution in [3.63, 3.8) is 0 Å². The minimum absolute atomic E-state index is 0.183. The molecule has 0 unspecified atom stereocenters. The van der Waals surface area contributed by atoms with Crippen LogP contribution in [0, 0.1) is 15.9 Å². The van der Waals surface area contributed by atoms with Crippen molar-refractivity contribution in [2.45, 2.75) is 18.9 Å². The highest BCUT2D eigenvalue weighted by molar-refractivity contribution is 9.10. The van der Waals surface area contributed by atoms with Gasteiger partial charge in [0.15, 0.2) is 0 Å². The highest BCUT2D eigenvalue weighted by atomic mass is 79.9. The zero-order valence-corrected chi connectivity index (χ0v) is 11.1. The number of β-amino-alcohol motifs (C(OH)–C–C–N with tert-alkyl or cyclic N) is 1. The van der Waals surface area contributed by atoms with Gasteiger partial charge in [-0.3, -0.25) is 10.1 Å². The van der Waals surface area contributed by atoms with E-state index in [-0.39, 0.29) is 10.2 Å². The third-order valence-corrected chi connectivity index (χ3v) is 3.56. The van der Waals surface area contributed by atoms with Crippen LogP contribution in [0.15, 0.2) is 16.6 Å². The summed E-state index contributed by atoms with van der Waals surface area (Å²) in [5, 5.41) is 20.5. The number of anilines is 1. The number of hydrogen-bond acceptors (Lipinski definition) is 4. The number of rotatable bonds is 2. The molecule has 0 radical (unpaired) electrons. The monoisotopic (exact) mass is 318 g/mol. The zero-order chi connectivity index (χ0) is 13.3. The molecule has 0 saturated carbocycles. The molecule has 0 aliphatic carbocycles. The third-order valence-electron chi connectivity index (χ3n) is 2.95. The summed E-state index contributed by atoms with van der Waals surface area (Å²) in [5.74, 6) is -0.664. The lowest BCUT2D eigenvalue weighted by Crippen LogP contribution is -2.38. The molecular weight excluding hydrogens is 307 g/mol. The van der Waals surface area contributed by atoms with Gasteiger partial charge in [0, 0.05) is 13.1 Å². The van der Waals surface area contributed by atoms with Gasteiger partial charge in [-0.15, -0.1) is 0 Å². The quantitative estimate of drug-likeness (QED) is 0.672. The van der Waals surface area contributed by atoms with E-state index in [4.69, 9.17) is 0 Å². The van der Waals surface area contributed by atoms with Crippen molar-refractivity contribution in [3.8, 4) is 0 Å². The number of halogens is 2. The first-order chi connectivity index (χ1) is 8.49. The molecule has 98 valence electrons. The molecule has 1 aromatic carbocycles. The summed E-state index contributed by atoms with van der Waals surface area (Å²) in [5.41, 5.74) is 0.0665. The molecular formula is C11H12BrFN2O3. The van der Waals surface area contributed by atoms with Gasteiger partial charge >= 0.3 is 0 Å². The van der Waals surface area contributed by atoms with E-state index >= 15 is 0 Å². The number of nitro benzene ring substituents is 1. The lowest BCUT2D eigenvalue weighted by molar-refractivity contribution is -0.384. The van der Waals surface area contributed by atoms with E-state index in [1.807, 2.05) is 0 Å². The van der Waals surface area contributed by atoms with Crippen molar-refractivity contribution in [1.82, 2.24) is 0 Å². The summed E-state index contributed by atoms with van der Waals surface area (Å²) in [6, 6.07) is 2.30. The van der Waals surface area contributed by atoms with Gasteiger partial charge in [0.2, 0.25) is 0 Å². The Bertz CT molecular complexity index is 484. The second kappa shape index (κ2) is 5.19. The number of nitrogens with zero attached hydrogens (tertiary/aromatic N) is 2. The van der Waals surface area contributed by atoms with Gasteiger partial charge in [-0.2, -0.15) is 0 Å². The molecule has 1 saturated heterocycles. The lowest BCUT2D eigenvalue weighted by Gasteiger charge is -2.31. The average molecular weight is 319 g/mol. The SMILES string of the molecule is O=[N+]([O-])c1cc(F)c(Br)cc1N1CCC[C@H](O)C1. The Balaban J connectivity index is 2.41. The number of hydrogen-bond donors (Lipinski definition) is 1. The topological polar surface area (TPSA) is 66.6 Å². The van der Waals surface area contributed by atoms with Gasteiger partial charge in [0.05, 0.1) is 21.6 Å². The largest absolute Gasteiger partial charge is 0.391 e. The lowest BCUT2D eigenvalue weighted by atomic mass is 10.1. The van der Waals surface area contributed by atoms with Gasteiger partial charge in [-0.05, 0) is 34.8 Å². The molecule has 18 heavy (non-hydrogen) atoms. The Morgan fingerprint density at radius 3 is 2.89 bits per heavy atom. The fourth-order valence-electron chi connectivity index (χ4n) is 2.10. The predicted octanol–water partition coefficient (Wildman–Crippen LogP) is 2.46. The van der Waals surface area contributed by atoms with Crippen LogP contribution in [0.4, 0.5) is 15.8 Å². The molecule has 5 nitrogen and oxygen atoms in total. The molecule has 1 heterocycles. The molecule has 1 aliphatic heterocycles. The number of benzene rings is 1. The maximum absolute atomic E-state index is 13.3. The fraction of sp³-hybridized carbons (Fsp3) is 0.455. The molecule has 0 amide bonds. The molecule has 0 spiro atoms. The summed E-state index contributed by atoms with van der Waals surface area (Å²) in [6.07, 6.45) is 0.946. The summed E-state index contributed by atoms with van der Waals surface area (Å²) in [4.78, 5) is 12.1. The van der Waals surface area contributed by atoms with E-state index in [1.165, 1.54) is 6.07 Å². The van der Waals surface area contributed by atoms with E-state index in [0.29, 0.717) is 25.2 Å². The van der Waals surface area contributed by atoms with E-state index in [0.717, 1.165) is 12.5 Å². The van der Waals surface area contributed by atoms with Crippen LogP contribution >= 0.6 is 15.9 Å². The van der Waals surface area contributed by atoms with Crippen LogP contribution in [-0.4, -0.2) is 29.2 Å². The van der Waals surface area contributed by atoms with Crippen molar-refractivity contribution in [2.75, 3.05) is 18.0 Å². The Morgan fingerprint density at radius 2 is 2.28 bits per heavy atom. The summed E-state index contributed by atoms with van der Waals surface area (Å²) >= 11 is 3.02. The highest BCUT2D eigenvalue weighted by Crippen LogP contribution is 2.34. The molecule has 7 heteroatoms. The molecule has 1 aromatic rings. The number of aliphatic hydroxyl groups is 1. The van der Waals surface area contributed by atoms with Crippen LogP contribution < -0.4 is 4.90 Å². The van der Waals surface area contributed by atoms with Crippen molar-refractivity contribution >= 4 is 27.3 Å². The van der Waals surface area contributed by atoms with Crippen molar-refractivity contribution in [3.05, 3.63) is 32.5 Å². The van der Waals surface area contributed by atoms with E-state index in [9.17, 15) is 19.6 Å². The van der Waals surface area contributed by atoms with E-state index in [2.05, 4.69) is 15.9 Å². The number of aliphatic hydroxyl groups excluding tert-OH is 1. The third kappa shape index (κ3) is 2.62. The average Bonchev–Trinajstić information content (AvgIpc) is 2.31. The highest BCUT2D eigenvalue weighted by Gasteiger charge is 2.26. The van der Waals surface area contributed by atoms with E-state index < -0.39 is 16.8 Å². The minimum Gasteiger partial charge on any atom is -0.391 e. The molecule has 1 atom stereocenters. The molecule has 1 N–H and O–H groups in total. The molecule has 0 aromatic heterocycles. The second-order valence-corrected chi connectivity index (χ2v) is 5.11. The zero-order valence-electron chi connectivity index (χ0n) is 9.47. The van der Waals surface area contributed by atoms with Crippen LogP contribution in [0.5, 0.6) is 0 Å². The summed E-state index contributed by atoms with van der Waals surface area (Å²) in [6.45, 7) is 0.953. The van der Waals surface area contributed by atoms with Gasteiger partial charge in [-0.25, -0.2) is 4.39 Å². The Morgan fingerprint density at radius 1 is 1.56 bits per heavy atom. The van der Waals surface area contributed by atoms with Crippen LogP contribution in [0.2, 0.25) is 0 Å². The van der Waals surface area contributed by atoms with Crippen molar-refractivity contribution in [1.29, 1.82) is 0 Å². The maximum Gasteiger partial charge on any atom is 0.295 e. The molecule has 1 aliphatic rings. The van der Waals surface area contributed by atoms with Crippen molar-refractivity contribution < 1.29 is 14.4 Å². The minimum atomic E-state index is -0.664. The summed E-state index contributed by atoms with van der Waals surface area (Å²) < 4.78 is 13.5. The predicted molar refractivity (Wildman–Crippen MR) is 68.2 cm³/mol. The number of nitro groups is 1. The Labute approximate surface area is 111 Å². The molecule has 1 fully saturated rings. The normalized spacial score (nSPS) is 19.9. The maximum atomic E-state index is 13.3. The molecule has 0 bridgehead atoms. The van der Waals surface area contributed by atoms with Crippen LogP contribution in [0.1, 0.15) is 12.8 Å². The first-order valence-corrected chi connectivity index (χ1v) is 6.35. The van der Waals surface area contributed by atoms with Gasteiger partial charge in [0.25, 0.3) is 5.69 Å². The van der Waals surface area contributed by atoms with Crippen LogP contribution in [-0.2, 0) is 0 Å². The van der Waals surface area contributed by atoms with Crippen LogP contribution in [0.3, 0.4) is 0 Å². The number of piperidine rings is 1.